The maximum Gasteiger partial charge on any atom is 0.125 e. The predicted molar refractivity (Wildman–Crippen MR) is 70.6 cm³/mol. The van der Waals surface area contributed by atoms with Crippen molar-refractivity contribution in [2.24, 2.45) is 0 Å². The Labute approximate surface area is 109 Å². The third kappa shape index (κ3) is 2.10. The Morgan fingerprint density at radius 2 is 2.18 bits per heavy atom. The third-order valence-corrected chi connectivity index (χ3v) is 4.50. The van der Waals surface area contributed by atoms with Crippen molar-refractivity contribution in [3.05, 3.63) is 39.9 Å². The van der Waals surface area contributed by atoms with E-state index >= 15 is 0 Å². The Morgan fingerprint density at radius 3 is 3.00 bits per heavy atom. The second kappa shape index (κ2) is 4.41. The molecule has 1 aromatic carbocycles. The number of fused-ring (bicyclic) bond motifs is 1. The number of nitrogens with zero attached hydrogens (tertiary/aromatic N) is 1. The second-order valence-electron chi connectivity index (χ2n) is 4.27. The van der Waals surface area contributed by atoms with Gasteiger partial charge in [0.05, 0.1) is 16.8 Å². The van der Waals surface area contributed by atoms with E-state index in [1.54, 1.807) is 11.3 Å². The van der Waals surface area contributed by atoms with Gasteiger partial charge in [0, 0.05) is 16.9 Å². The average Bonchev–Trinajstić information content (AvgIpc) is 2.72. The highest BCUT2D eigenvalue weighted by Crippen LogP contribution is 2.35. The monoisotopic (exact) mass is 265 g/mol. The molecule has 0 aliphatic heterocycles. The highest BCUT2D eigenvalue weighted by Gasteiger charge is 2.21. The van der Waals surface area contributed by atoms with Crippen LogP contribution in [-0.2, 0) is 12.8 Å². The number of thiazole rings is 1. The van der Waals surface area contributed by atoms with Crippen LogP contribution in [0.3, 0.4) is 0 Å². The molecule has 0 fully saturated rings. The molecule has 0 saturated carbocycles. The number of rotatable bonds is 1. The number of aromatic nitrogens is 1. The summed E-state index contributed by atoms with van der Waals surface area (Å²) in [5, 5.41) is 11.3. The summed E-state index contributed by atoms with van der Waals surface area (Å²) in [6, 6.07) is 7.76. The molecule has 1 aromatic heterocycles. The van der Waals surface area contributed by atoms with Gasteiger partial charge in [-0.05, 0) is 18.9 Å². The van der Waals surface area contributed by atoms with E-state index in [0.717, 1.165) is 40.6 Å². The van der Waals surface area contributed by atoms with E-state index < -0.39 is 0 Å². The van der Waals surface area contributed by atoms with E-state index in [4.69, 9.17) is 11.6 Å². The van der Waals surface area contributed by atoms with Crippen molar-refractivity contribution < 1.29 is 5.11 Å². The molecule has 4 heteroatoms. The van der Waals surface area contributed by atoms with Crippen molar-refractivity contribution in [2.75, 3.05) is 0 Å². The molecule has 17 heavy (non-hydrogen) atoms. The Kier molecular flexibility index (Phi) is 2.90. The molecule has 0 amide bonds. The highest BCUT2D eigenvalue weighted by molar-refractivity contribution is 7.15. The quantitative estimate of drug-likeness (QED) is 0.858. The lowest BCUT2D eigenvalue weighted by molar-refractivity contribution is 0.159. The summed E-state index contributed by atoms with van der Waals surface area (Å²) in [6.45, 7) is 0. The minimum Gasteiger partial charge on any atom is -0.393 e. The fourth-order valence-electron chi connectivity index (χ4n) is 2.11. The summed E-state index contributed by atoms with van der Waals surface area (Å²) >= 11 is 7.82. The Balaban J connectivity index is 2.03. The first-order valence-corrected chi connectivity index (χ1v) is 6.85. The summed E-state index contributed by atoms with van der Waals surface area (Å²) < 4.78 is 0. The van der Waals surface area contributed by atoms with E-state index in [1.165, 1.54) is 4.88 Å². The minimum absolute atomic E-state index is 0.206. The molecule has 1 aliphatic rings. The van der Waals surface area contributed by atoms with Crippen molar-refractivity contribution in [2.45, 2.75) is 25.4 Å². The molecule has 1 heterocycles. The van der Waals surface area contributed by atoms with Crippen molar-refractivity contribution in [1.82, 2.24) is 4.98 Å². The molecule has 1 N–H and O–H groups in total. The van der Waals surface area contributed by atoms with E-state index in [2.05, 4.69) is 4.98 Å². The SMILES string of the molecule is OC1CCc2nc(-c3ccccc3Cl)sc2C1. The lowest BCUT2D eigenvalue weighted by Crippen LogP contribution is -2.17. The van der Waals surface area contributed by atoms with Gasteiger partial charge in [-0.2, -0.15) is 0 Å². The lowest BCUT2D eigenvalue weighted by atomic mass is 10.0. The van der Waals surface area contributed by atoms with Crippen LogP contribution in [0.15, 0.2) is 24.3 Å². The number of benzene rings is 1. The maximum absolute atomic E-state index is 9.64. The summed E-state index contributed by atoms with van der Waals surface area (Å²) in [6.07, 6.45) is 2.22. The van der Waals surface area contributed by atoms with Gasteiger partial charge in [-0.25, -0.2) is 4.98 Å². The number of halogens is 1. The van der Waals surface area contributed by atoms with Crippen molar-refractivity contribution >= 4 is 22.9 Å². The number of aliphatic hydroxyl groups excluding tert-OH is 1. The molecule has 0 spiro atoms. The van der Waals surface area contributed by atoms with Crippen LogP contribution >= 0.6 is 22.9 Å². The zero-order chi connectivity index (χ0) is 11.8. The summed E-state index contributed by atoms with van der Waals surface area (Å²) in [5.41, 5.74) is 2.12. The first-order chi connectivity index (χ1) is 8.24. The molecule has 0 radical (unpaired) electrons. The number of aliphatic hydroxyl groups is 1. The van der Waals surface area contributed by atoms with Gasteiger partial charge >= 0.3 is 0 Å². The summed E-state index contributed by atoms with van der Waals surface area (Å²) in [7, 11) is 0. The highest BCUT2D eigenvalue weighted by atomic mass is 35.5. The predicted octanol–water partition coefficient (Wildman–Crippen LogP) is 3.31. The molecular weight excluding hydrogens is 254 g/mol. The van der Waals surface area contributed by atoms with E-state index in [9.17, 15) is 5.11 Å². The zero-order valence-electron chi connectivity index (χ0n) is 9.19. The number of aryl methyl sites for hydroxylation is 1. The summed E-state index contributed by atoms with van der Waals surface area (Å²) in [5.74, 6) is 0. The van der Waals surface area contributed by atoms with Crippen molar-refractivity contribution in [3.63, 3.8) is 0 Å². The van der Waals surface area contributed by atoms with Crippen LogP contribution in [0.25, 0.3) is 10.6 Å². The smallest absolute Gasteiger partial charge is 0.125 e. The molecular formula is C13H12ClNOS. The van der Waals surface area contributed by atoms with Gasteiger partial charge in [-0.15, -0.1) is 11.3 Å². The van der Waals surface area contributed by atoms with Crippen LogP contribution in [0, 0.1) is 0 Å². The topological polar surface area (TPSA) is 33.1 Å². The Bertz CT molecular complexity index is 552. The molecule has 1 aliphatic carbocycles. The van der Waals surface area contributed by atoms with Crippen LogP contribution in [0.5, 0.6) is 0 Å². The van der Waals surface area contributed by atoms with Crippen LogP contribution < -0.4 is 0 Å². The van der Waals surface area contributed by atoms with Gasteiger partial charge in [0.2, 0.25) is 0 Å². The molecule has 1 unspecified atom stereocenters. The molecule has 0 bridgehead atoms. The molecule has 88 valence electrons. The van der Waals surface area contributed by atoms with Gasteiger partial charge in [0.15, 0.2) is 0 Å². The van der Waals surface area contributed by atoms with Crippen molar-refractivity contribution in [1.29, 1.82) is 0 Å². The first-order valence-electron chi connectivity index (χ1n) is 5.65. The second-order valence-corrected chi connectivity index (χ2v) is 5.76. The van der Waals surface area contributed by atoms with Crippen LogP contribution in [0.4, 0.5) is 0 Å². The standard InChI is InChI=1S/C13H12ClNOS/c14-10-4-2-1-3-9(10)13-15-11-6-5-8(16)7-12(11)17-13/h1-4,8,16H,5-7H2. The molecule has 2 nitrogen and oxygen atoms in total. The molecule has 1 atom stereocenters. The Morgan fingerprint density at radius 1 is 1.35 bits per heavy atom. The number of hydrogen-bond acceptors (Lipinski definition) is 3. The van der Waals surface area contributed by atoms with Crippen LogP contribution in [-0.4, -0.2) is 16.2 Å². The fourth-order valence-corrected chi connectivity index (χ4v) is 3.61. The summed E-state index contributed by atoms with van der Waals surface area (Å²) in [4.78, 5) is 5.85. The van der Waals surface area contributed by atoms with E-state index in [0.29, 0.717) is 0 Å². The zero-order valence-corrected chi connectivity index (χ0v) is 10.8. The van der Waals surface area contributed by atoms with Gasteiger partial charge in [0.1, 0.15) is 5.01 Å². The van der Waals surface area contributed by atoms with Crippen LogP contribution in [0.1, 0.15) is 17.0 Å². The van der Waals surface area contributed by atoms with Gasteiger partial charge < -0.3 is 5.11 Å². The minimum atomic E-state index is -0.206. The van der Waals surface area contributed by atoms with Gasteiger partial charge in [0.25, 0.3) is 0 Å². The molecule has 3 rings (SSSR count). The third-order valence-electron chi connectivity index (χ3n) is 3.02. The normalized spacial score (nSPS) is 19.1. The van der Waals surface area contributed by atoms with Crippen LogP contribution in [0.2, 0.25) is 5.02 Å². The first kappa shape index (κ1) is 11.2. The molecule has 2 aromatic rings. The van der Waals surface area contributed by atoms with E-state index in [-0.39, 0.29) is 6.10 Å². The van der Waals surface area contributed by atoms with E-state index in [1.807, 2.05) is 24.3 Å². The fraction of sp³-hybridized carbons (Fsp3) is 0.308. The largest absolute Gasteiger partial charge is 0.393 e. The Hall–Kier alpha value is -0.900. The van der Waals surface area contributed by atoms with Gasteiger partial charge in [-0.1, -0.05) is 29.8 Å². The van der Waals surface area contributed by atoms with Gasteiger partial charge in [-0.3, -0.25) is 0 Å². The average molecular weight is 266 g/mol. The maximum atomic E-state index is 9.64. The van der Waals surface area contributed by atoms with Crippen molar-refractivity contribution in [3.8, 4) is 10.6 Å². The lowest BCUT2D eigenvalue weighted by Gasteiger charge is -2.14. The molecule has 0 saturated heterocycles. The number of hydrogen-bond donors (Lipinski definition) is 1.